The van der Waals surface area contributed by atoms with Gasteiger partial charge < -0.3 is 9.47 Å². The van der Waals surface area contributed by atoms with Gasteiger partial charge in [0.25, 0.3) is 5.69 Å². The summed E-state index contributed by atoms with van der Waals surface area (Å²) in [6.45, 7) is 2.00. The third kappa shape index (κ3) is 4.64. The summed E-state index contributed by atoms with van der Waals surface area (Å²) in [5, 5.41) is 10.6. The van der Waals surface area contributed by atoms with Crippen LogP contribution >= 0.6 is 0 Å². The largest absolute Gasteiger partial charge is 0.462 e. The number of carbonyl (C=O) groups is 2. The van der Waals surface area contributed by atoms with Crippen molar-refractivity contribution in [1.29, 1.82) is 0 Å². The molecule has 0 radical (unpaired) electrons. The van der Waals surface area contributed by atoms with Crippen LogP contribution in [-0.2, 0) is 16.0 Å². The Morgan fingerprint density at radius 3 is 2.21 bits per heavy atom. The van der Waals surface area contributed by atoms with E-state index in [4.69, 9.17) is 9.47 Å². The van der Waals surface area contributed by atoms with Gasteiger partial charge in [-0.05, 0) is 36.8 Å². The maximum absolute atomic E-state index is 11.9. The van der Waals surface area contributed by atoms with Crippen LogP contribution in [0.5, 0.6) is 5.75 Å². The predicted molar refractivity (Wildman–Crippen MR) is 84.8 cm³/mol. The highest BCUT2D eigenvalue weighted by Crippen LogP contribution is 2.16. The van der Waals surface area contributed by atoms with Gasteiger partial charge in [-0.3, -0.25) is 14.9 Å². The smallest absolute Gasteiger partial charge is 0.338 e. The van der Waals surface area contributed by atoms with E-state index in [-0.39, 0.29) is 18.7 Å². The van der Waals surface area contributed by atoms with E-state index >= 15 is 0 Å². The second kappa shape index (κ2) is 7.87. The number of ether oxygens (including phenoxy) is 2. The molecule has 2 rings (SSSR count). The van der Waals surface area contributed by atoms with Crippen molar-refractivity contribution >= 4 is 17.6 Å². The van der Waals surface area contributed by atoms with Crippen molar-refractivity contribution < 1.29 is 24.0 Å². The SMILES string of the molecule is CCOC(=O)c1ccc(OC(=O)Cc2ccc([N+](=O)[O-])cc2)cc1. The van der Waals surface area contributed by atoms with Crippen molar-refractivity contribution in [3.63, 3.8) is 0 Å². The fraction of sp³-hybridized carbons (Fsp3) is 0.176. The maximum atomic E-state index is 11.9. The van der Waals surface area contributed by atoms with Crippen molar-refractivity contribution in [1.82, 2.24) is 0 Å². The molecule has 7 nitrogen and oxygen atoms in total. The molecule has 0 amide bonds. The molecular formula is C17H15NO6. The molecule has 0 aliphatic heterocycles. The molecule has 24 heavy (non-hydrogen) atoms. The first-order chi connectivity index (χ1) is 11.5. The van der Waals surface area contributed by atoms with Crippen LogP contribution in [0.1, 0.15) is 22.8 Å². The Morgan fingerprint density at radius 2 is 1.67 bits per heavy atom. The molecule has 0 aromatic heterocycles. The molecule has 0 aliphatic rings. The number of carbonyl (C=O) groups excluding carboxylic acids is 2. The molecular weight excluding hydrogens is 314 g/mol. The zero-order valence-corrected chi connectivity index (χ0v) is 12.9. The van der Waals surface area contributed by atoms with E-state index in [9.17, 15) is 19.7 Å². The number of hydrogen-bond donors (Lipinski definition) is 0. The van der Waals surface area contributed by atoms with Crippen molar-refractivity contribution in [2.75, 3.05) is 6.61 Å². The standard InChI is InChI=1S/C17H15NO6/c1-2-23-17(20)13-5-9-15(10-6-13)24-16(19)11-12-3-7-14(8-4-12)18(21)22/h3-10H,2,11H2,1H3. The van der Waals surface area contributed by atoms with E-state index in [1.807, 2.05) is 0 Å². The van der Waals surface area contributed by atoms with E-state index < -0.39 is 16.9 Å². The molecule has 0 spiro atoms. The molecule has 0 fully saturated rings. The molecule has 7 heteroatoms. The lowest BCUT2D eigenvalue weighted by Crippen LogP contribution is -2.11. The van der Waals surface area contributed by atoms with Crippen LogP contribution in [-0.4, -0.2) is 23.5 Å². The lowest BCUT2D eigenvalue weighted by atomic mass is 10.1. The summed E-state index contributed by atoms with van der Waals surface area (Å²) >= 11 is 0. The Labute approximate surface area is 138 Å². The van der Waals surface area contributed by atoms with Gasteiger partial charge in [-0.2, -0.15) is 0 Å². The van der Waals surface area contributed by atoms with Gasteiger partial charge in [0.15, 0.2) is 0 Å². The lowest BCUT2D eigenvalue weighted by Gasteiger charge is -2.06. The van der Waals surface area contributed by atoms with Crippen LogP contribution in [0.2, 0.25) is 0 Å². The number of nitrogens with zero attached hydrogens (tertiary/aromatic N) is 1. The van der Waals surface area contributed by atoms with E-state index in [0.717, 1.165) is 0 Å². The highest BCUT2D eigenvalue weighted by molar-refractivity contribution is 5.89. The summed E-state index contributed by atoms with van der Waals surface area (Å²) in [6.07, 6.45) is -0.0162. The number of nitro groups is 1. The van der Waals surface area contributed by atoms with Crippen LogP contribution in [0.3, 0.4) is 0 Å². The van der Waals surface area contributed by atoms with E-state index in [0.29, 0.717) is 16.9 Å². The first-order valence-corrected chi connectivity index (χ1v) is 7.20. The molecule has 0 saturated heterocycles. The Morgan fingerprint density at radius 1 is 1.04 bits per heavy atom. The van der Waals surface area contributed by atoms with Crippen LogP contribution < -0.4 is 4.74 Å². The molecule has 0 aliphatic carbocycles. The lowest BCUT2D eigenvalue weighted by molar-refractivity contribution is -0.384. The second-order valence-corrected chi connectivity index (χ2v) is 4.82. The molecule has 2 aromatic rings. The number of rotatable bonds is 6. The predicted octanol–water partition coefficient (Wildman–Crippen LogP) is 2.92. The monoisotopic (exact) mass is 329 g/mol. The second-order valence-electron chi connectivity index (χ2n) is 4.82. The van der Waals surface area contributed by atoms with Gasteiger partial charge in [-0.25, -0.2) is 4.79 Å². The Hall–Kier alpha value is -3.22. The third-order valence-corrected chi connectivity index (χ3v) is 3.09. The van der Waals surface area contributed by atoms with Crippen LogP contribution in [0.4, 0.5) is 5.69 Å². The number of nitro benzene ring substituents is 1. The van der Waals surface area contributed by atoms with Crippen molar-refractivity contribution in [3.05, 3.63) is 69.8 Å². The average Bonchev–Trinajstić information content (AvgIpc) is 2.56. The van der Waals surface area contributed by atoms with E-state index in [2.05, 4.69) is 0 Å². The fourth-order valence-electron chi connectivity index (χ4n) is 1.94. The number of esters is 2. The molecule has 0 unspecified atom stereocenters. The molecule has 0 bridgehead atoms. The van der Waals surface area contributed by atoms with Gasteiger partial charge in [-0.1, -0.05) is 12.1 Å². The van der Waals surface area contributed by atoms with E-state index in [1.54, 1.807) is 6.92 Å². The summed E-state index contributed by atoms with van der Waals surface area (Å²) in [6, 6.07) is 11.7. The van der Waals surface area contributed by atoms with Gasteiger partial charge in [0.2, 0.25) is 0 Å². The molecule has 0 N–H and O–H groups in total. The van der Waals surface area contributed by atoms with Gasteiger partial charge in [0.05, 0.1) is 23.5 Å². The summed E-state index contributed by atoms with van der Waals surface area (Å²) in [5.41, 5.74) is 0.933. The first kappa shape index (κ1) is 17.1. The highest BCUT2D eigenvalue weighted by atomic mass is 16.6. The Kier molecular flexibility index (Phi) is 5.62. The summed E-state index contributed by atoms with van der Waals surface area (Å²) in [7, 11) is 0. The molecule has 0 saturated carbocycles. The van der Waals surface area contributed by atoms with Gasteiger partial charge >= 0.3 is 11.9 Å². The van der Waals surface area contributed by atoms with Crippen LogP contribution in [0.25, 0.3) is 0 Å². The molecule has 0 atom stereocenters. The Bertz CT molecular complexity index is 737. The third-order valence-electron chi connectivity index (χ3n) is 3.09. The summed E-state index contributed by atoms with van der Waals surface area (Å²) in [5.74, 6) is -0.649. The maximum Gasteiger partial charge on any atom is 0.338 e. The number of benzene rings is 2. The number of hydrogen-bond acceptors (Lipinski definition) is 6. The quantitative estimate of drug-likeness (QED) is 0.350. The van der Waals surface area contributed by atoms with Crippen molar-refractivity contribution in [2.45, 2.75) is 13.3 Å². The zero-order chi connectivity index (χ0) is 17.5. The molecule has 0 heterocycles. The minimum absolute atomic E-state index is 0.0162. The Balaban J connectivity index is 1.94. The molecule has 2 aromatic carbocycles. The minimum Gasteiger partial charge on any atom is -0.462 e. The zero-order valence-electron chi connectivity index (χ0n) is 12.9. The first-order valence-electron chi connectivity index (χ1n) is 7.20. The fourth-order valence-corrected chi connectivity index (χ4v) is 1.94. The van der Waals surface area contributed by atoms with Crippen molar-refractivity contribution in [2.24, 2.45) is 0 Å². The highest BCUT2D eigenvalue weighted by Gasteiger charge is 2.10. The number of non-ortho nitro benzene ring substituents is 1. The summed E-state index contributed by atoms with van der Waals surface area (Å²) < 4.78 is 10.0. The normalized spacial score (nSPS) is 10.0. The topological polar surface area (TPSA) is 95.7 Å². The van der Waals surface area contributed by atoms with Gasteiger partial charge in [0.1, 0.15) is 5.75 Å². The average molecular weight is 329 g/mol. The molecule has 124 valence electrons. The minimum atomic E-state index is -0.507. The van der Waals surface area contributed by atoms with E-state index in [1.165, 1.54) is 48.5 Å². The van der Waals surface area contributed by atoms with Crippen LogP contribution in [0, 0.1) is 10.1 Å². The van der Waals surface area contributed by atoms with Crippen LogP contribution in [0.15, 0.2) is 48.5 Å². The van der Waals surface area contributed by atoms with Gasteiger partial charge in [0, 0.05) is 12.1 Å². The van der Waals surface area contributed by atoms with Crippen molar-refractivity contribution in [3.8, 4) is 5.75 Å². The van der Waals surface area contributed by atoms with Gasteiger partial charge in [-0.15, -0.1) is 0 Å². The summed E-state index contributed by atoms with van der Waals surface area (Å²) in [4.78, 5) is 33.5.